The molecule has 0 aliphatic rings. The Hall–Kier alpha value is -1.83. The number of aryl methyl sites for hydroxylation is 1. The summed E-state index contributed by atoms with van der Waals surface area (Å²) in [6, 6.07) is 21.3. The van der Waals surface area contributed by atoms with Gasteiger partial charge in [-0.3, -0.25) is 0 Å². The van der Waals surface area contributed by atoms with Crippen molar-refractivity contribution >= 4 is 19.4 Å². The molecule has 0 radical (unpaired) electrons. The molecule has 0 aliphatic carbocycles. The van der Waals surface area contributed by atoms with Crippen LogP contribution >= 0.6 is 0 Å². The van der Waals surface area contributed by atoms with Gasteiger partial charge in [0.05, 0.1) is 0 Å². The molecular weight excluding hydrogens is 347 g/mol. The van der Waals surface area contributed by atoms with Crippen LogP contribution in [-0.4, -0.2) is 24.7 Å². The van der Waals surface area contributed by atoms with Gasteiger partial charge in [0, 0.05) is 0 Å². The van der Waals surface area contributed by atoms with Crippen LogP contribution < -0.4 is 4.46 Å². The maximum absolute atomic E-state index is 4.48. The number of nitrogens with zero attached hydrogens (tertiary/aromatic N) is 2. The molecule has 0 saturated carbocycles. The van der Waals surface area contributed by atoms with Gasteiger partial charge in [-0.1, -0.05) is 0 Å². The Morgan fingerprint density at radius 3 is 2.30 bits per heavy atom. The van der Waals surface area contributed by atoms with Gasteiger partial charge in [-0.05, 0) is 0 Å². The average molecular weight is 369 g/mol. The quantitative estimate of drug-likeness (QED) is 0.431. The summed E-state index contributed by atoms with van der Waals surface area (Å²) in [5.74, 6) is 0. The summed E-state index contributed by atoms with van der Waals surface area (Å²) >= 11 is 0.632. The van der Waals surface area contributed by atoms with Crippen molar-refractivity contribution in [1.82, 2.24) is 9.78 Å². The van der Waals surface area contributed by atoms with Crippen LogP contribution in [0.5, 0.6) is 0 Å². The predicted octanol–water partition coefficient (Wildman–Crippen LogP) is 4.17. The van der Waals surface area contributed by atoms with Crippen LogP contribution in [0.25, 0.3) is 11.1 Å². The fourth-order valence-electron chi connectivity index (χ4n) is 2.52. The van der Waals surface area contributed by atoms with Crippen LogP contribution in [0.3, 0.4) is 0 Å². The molecule has 0 spiro atoms. The second kappa shape index (κ2) is 8.71. The first-order chi connectivity index (χ1) is 11.4. The van der Waals surface area contributed by atoms with Crippen molar-refractivity contribution in [3.8, 4) is 11.1 Å². The van der Waals surface area contributed by atoms with E-state index in [1.165, 1.54) is 40.2 Å². The third kappa shape index (κ3) is 5.09. The summed E-state index contributed by atoms with van der Waals surface area (Å²) in [5.41, 5.74) is 2.45. The molecule has 2 aromatic carbocycles. The molecule has 1 heterocycles. The summed E-state index contributed by atoms with van der Waals surface area (Å²) in [6.45, 7) is 1.02. The van der Waals surface area contributed by atoms with E-state index in [1.54, 1.807) is 0 Å². The van der Waals surface area contributed by atoms with Gasteiger partial charge >= 0.3 is 145 Å². The standard InChI is InChI=1S/C20H22N2Se/c1-4-10-18(11-5-1)19-16-21-22(17-19)14-8-3-9-15-23-20-12-6-2-7-13-20/h1-2,4-7,10-13,16-17H,3,8-9,14-15H2. The zero-order valence-corrected chi connectivity index (χ0v) is 15.0. The first kappa shape index (κ1) is 16.0. The second-order valence-corrected chi connectivity index (χ2v) is 8.03. The zero-order chi connectivity index (χ0) is 15.7. The number of hydrogen-bond donors (Lipinski definition) is 0. The molecule has 3 aromatic rings. The zero-order valence-electron chi connectivity index (χ0n) is 13.3. The number of hydrogen-bond acceptors (Lipinski definition) is 1. The fraction of sp³-hybridized carbons (Fsp3) is 0.250. The molecule has 0 unspecified atom stereocenters. The Morgan fingerprint density at radius 1 is 0.783 bits per heavy atom. The summed E-state index contributed by atoms with van der Waals surface area (Å²) in [5, 5.41) is 5.82. The fourth-order valence-corrected chi connectivity index (χ4v) is 4.48. The van der Waals surface area contributed by atoms with Crippen LogP contribution in [0.2, 0.25) is 5.32 Å². The van der Waals surface area contributed by atoms with E-state index in [2.05, 4.69) is 70.6 Å². The summed E-state index contributed by atoms with van der Waals surface area (Å²) < 4.78 is 3.59. The predicted molar refractivity (Wildman–Crippen MR) is 98.2 cm³/mol. The van der Waals surface area contributed by atoms with E-state index in [4.69, 9.17) is 0 Å². The normalized spacial score (nSPS) is 10.8. The van der Waals surface area contributed by atoms with Gasteiger partial charge in [-0.15, -0.1) is 0 Å². The SMILES string of the molecule is c1ccc([Se]CCCCCn2cc(-c3ccccc3)cn2)cc1. The topological polar surface area (TPSA) is 17.8 Å². The minimum absolute atomic E-state index is 0.632. The Balaban J connectivity index is 1.36. The second-order valence-electron chi connectivity index (χ2n) is 5.58. The molecule has 118 valence electrons. The van der Waals surface area contributed by atoms with E-state index < -0.39 is 0 Å². The van der Waals surface area contributed by atoms with Crippen molar-refractivity contribution in [1.29, 1.82) is 0 Å². The van der Waals surface area contributed by atoms with Gasteiger partial charge in [-0.2, -0.15) is 0 Å². The third-order valence-corrected chi connectivity index (χ3v) is 6.09. The van der Waals surface area contributed by atoms with Crippen LogP contribution in [-0.2, 0) is 6.54 Å². The van der Waals surface area contributed by atoms with Gasteiger partial charge < -0.3 is 0 Å². The van der Waals surface area contributed by atoms with E-state index in [0.717, 1.165) is 6.54 Å². The van der Waals surface area contributed by atoms with Crippen molar-refractivity contribution in [2.45, 2.75) is 31.1 Å². The van der Waals surface area contributed by atoms with Crippen LogP contribution in [0.1, 0.15) is 19.3 Å². The van der Waals surface area contributed by atoms with E-state index >= 15 is 0 Å². The Labute approximate surface area is 144 Å². The molecule has 2 nitrogen and oxygen atoms in total. The Bertz CT molecular complexity index is 692. The Kier molecular flexibility index (Phi) is 6.08. The van der Waals surface area contributed by atoms with Gasteiger partial charge in [0.25, 0.3) is 0 Å². The van der Waals surface area contributed by atoms with Crippen molar-refractivity contribution in [2.24, 2.45) is 0 Å². The van der Waals surface area contributed by atoms with Crippen molar-refractivity contribution in [3.05, 3.63) is 73.1 Å². The number of rotatable bonds is 8. The average Bonchev–Trinajstić information content (AvgIpc) is 3.09. The molecular formula is C20H22N2Se. The molecule has 0 atom stereocenters. The molecule has 1 aromatic heterocycles. The third-order valence-electron chi connectivity index (χ3n) is 3.78. The number of benzene rings is 2. The molecule has 0 bridgehead atoms. The van der Waals surface area contributed by atoms with E-state index in [-0.39, 0.29) is 0 Å². The molecule has 23 heavy (non-hydrogen) atoms. The monoisotopic (exact) mass is 370 g/mol. The van der Waals surface area contributed by atoms with Gasteiger partial charge in [-0.25, -0.2) is 0 Å². The van der Waals surface area contributed by atoms with Gasteiger partial charge in [0.1, 0.15) is 0 Å². The van der Waals surface area contributed by atoms with Gasteiger partial charge in [0.15, 0.2) is 0 Å². The molecule has 3 rings (SSSR count). The van der Waals surface area contributed by atoms with Crippen LogP contribution in [0.4, 0.5) is 0 Å². The van der Waals surface area contributed by atoms with Crippen molar-refractivity contribution in [2.75, 3.05) is 0 Å². The molecule has 0 saturated heterocycles. The molecule has 0 fully saturated rings. The molecule has 0 amide bonds. The van der Waals surface area contributed by atoms with Crippen molar-refractivity contribution < 1.29 is 0 Å². The summed E-state index contributed by atoms with van der Waals surface area (Å²) in [7, 11) is 0. The molecule has 0 N–H and O–H groups in total. The molecule has 3 heteroatoms. The van der Waals surface area contributed by atoms with E-state index in [0.29, 0.717) is 15.0 Å². The first-order valence-corrected chi connectivity index (χ1v) is 10.2. The minimum atomic E-state index is 0.632. The Morgan fingerprint density at radius 2 is 1.52 bits per heavy atom. The van der Waals surface area contributed by atoms with Crippen LogP contribution in [0.15, 0.2) is 73.1 Å². The van der Waals surface area contributed by atoms with E-state index in [9.17, 15) is 0 Å². The molecule has 0 aliphatic heterocycles. The number of unbranched alkanes of at least 4 members (excludes halogenated alkanes) is 2. The first-order valence-electron chi connectivity index (χ1n) is 8.17. The van der Waals surface area contributed by atoms with E-state index in [1.807, 2.05) is 12.3 Å². The number of aromatic nitrogens is 2. The van der Waals surface area contributed by atoms with Gasteiger partial charge in [0.2, 0.25) is 0 Å². The van der Waals surface area contributed by atoms with Crippen LogP contribution in [0, 0.1) is 0 Å². The maximum atomic E-state index is 4.48. The summed E-state index contributed by atoms with van der Waals surface area (Å²) in [6.07, 6.45) is 7.94. The summed E-state index contributed by atoms with van der Waals surface area (Å²) in [4.78, 5) is 0. The van der Waals surface area contributed by atoms with Crippen molar-refractivity contribution in [3.63, 3.8) is 0 Å².